The summed E-state index contributed by atoms with van der Waals surface area (Å²) in [5.74, 6) is -0.0558. The maximum absolute atomic E-state index is 13.4. The molecule has 32 heavy (non-hydrogen) atoms. The van der Waals surface area contributed by atoms with Crippen LogP contribution in [0.4, 0.5) is 10.1 Å². The van der Waals surface area contributed by atoms with Crippen LogP contribution in [-0.4, -0.2) is 47.7 Å². The first-order valence-corrected chi connectivity index (χ1v) is 10.7. The highest BCUT2D eigenvalue weighted by atomic mass is 32.1. The quantitative estimate of drug-likeness (QED) is 0.604. The first-order valence-electron chi connectivity index (χ1n) is 9.93. The molecule has 1 N–H and O–H groups in total. The van der Waals surface area contributed by atoms with E-state index in [-0.39, 0.29) is 17.0 Å². The number of aromatic nitrogens is 2. The summed E-state index contributed by atoms with van der Waals surface area (Å²) < 4.78 is 23.9. The lowest BCUT2D eigenvalue weighted by atomic mass is 10.1. The van der Waals surface area contributed by atoms with Gasteiger partial charge in [-0.15, -0.1) is 10.2 Å². The molecule has 2 aromatic carbocycles. The Kier molecular flexibility index (Phi) is 6.31. The standard InChI is InChI=1S/C22H21FN4O4S/c1-30-16-9-13(10-17(12-16)31-2)22(29)27-8-4-7-18(27)20-25-26-21(32-20)19(28)24-15-6-3-5-14(23)11-15/h3,5-6,9-12,18H,4,7-8H2,1-2H3,(H,24,28). The van der Waals surface area contributed by atoms with Crippen LogP contribution >= 0.6 is 11.3 Å². The monoisotopic (exact) mass is 456 g/mol. The molecule has 1 aliphatic rings. The lowest BCUT2D eigenvalue weighted by Gasteiger charge is -2.23. The van der Waals surface area contributed by atoms with Crippen LogP contribution in [0.1, 0.15) is 44.1 Å². The van der Waals surface area contributed by atoms with Gasteiger partial charge in [-0.3, -0.25) is 9.59 Å². The van der Waals surface area contributed by atoms with Crippen molar-refractivity contribution in [2.45, 2.75) is 18.9 Å². The first-order chi connectivity index (χ1) is 15.5. The van der Waals surface area contributed by atoms with Gasteiger partial charge in [-0.05, 0) is 43.2 Å². The topological polar surface area (TPSA) is 93.7 Å². The number of methoxy groups -OCH3 is 2. The van der Waals surface area contributed by atoms with Gasteiger partial charge in [0.05, 0.1) is 20.3 Å². The van der Waals surface area contributed by atoms with Crippen molar-refractivity contribution >= 4 is 28.8 Å². The molecule has 166 valence electrons. The average molecular weight is 456 g/mol. The van der Waals surface area contributed by atoms with E-state index in [2.05, 4.69) is 15.5 Å². The molecule has 1 atom stereocenters. The molecule has 3 aromatic rings. The molecule has 4 rings (SSSR count). The summed E-state index contributed by atoms with van der Waals surface area (Å²) in [6, 6.07) is 10.4. The summed E-state index contributed by atoms with van der Waals surface area (Å²) in [5, 5.41) is 11.5. The number of anilines is 1. The predicted octanol–water partition coefficient (Wildman–Crippen LogP) is 3.92. The molecule has 2 heterocycles. The molecule has 8 nitrogen and oxygen atoms in total. The molecule has 1 aliphatic heterocycles. The van der Waals surface area contributed by atoms with Crippen molar-refractivity contribution in [3.05, 3.63) is 63.9 Å². The van der Waals surface area contributed by atoms with E-state index in [0.717, 1.165) is 17.8 Å². The molecule has 1 saturated heterocycles. The maximum Gasteiger partial charge on any atom is 0.286 e. The van der Waals surface area contributed by atoms with Crippen LogP contribution in [0, 0.1) is 5.82 Å². The zero-order valence-electron chi connectivity index (χ0n) is 17.5. The number of carbonyl (C=O) groups excluding carboxylic acids is 2. The first kappa shape index (κ1) is 21.7. The van der Waals surface area contributed by atoms with Crippen molar-refractivity contribution in [1.29, 1.82) is 0 Å². The van der Waals surface area contributed by atoms with Crippen LogP contribution in [0.5, 0.6) is 11.5 Å². The Morgan fingerprint density at radius 3 is 2.56 bits per heavy atom. The Balaban J connectivity index is 1.52. The van der Waals surface area contributed by atoms with Crippen LogP contribution < -0.4 is 14.8 Å². The fraction of sp³-hybridized carbons (Fsp3) is 0.273. The molecule has 0 radical (unpaired) electrons. The third-order valence-corrected chi connectivity index (χ3v) is 6.14. The molecule has 1 fully saturated rings. The van der Waals surface area contributed by atoms with Crippen molar-refractivity contribution in [2.75, 3.05) is 26.1 Å². The minimum absolute atomic E-state index is 0.145. The van der Waals surface area contributed by atoms with Gasteiger partial charge in [0, 0.05) is 23.9 Å². The van der Waals surface area contributed by atoms with E-state index in [4.69, 9.17) is 9.47 Å². The highest BCUT2D eigenvalue weighted by Gasteiger charge is 2.34. The lowest BCUT2D eigenvalue weighted by molar-refractivity contribution is 0.0734. The van der Waals surface area contributed by atoms with Gasteiger partial charge < -0.3 is 19.7 Å². The summed E-state index contributed by atoms with van der Waals surface area (Å²) in [4.78, 5) is 27.5. The number of hydrogen-bond donors (Lipinski definition) is 1. The number of nitrogens with one attached hydrogen (secondary N) is 1. The number of nitrogens with zero attached hydrogens (tertiary/aromatic N) is 3. The molecular weight excluding hydrogens is 435 g/mol. The van der Waals surface area contributed by atoms with Crippen LogP contribution in [0.25, 0.3) is 0 Å². The Bertz CT molecular complexity index is 1130. The molecule has 1 unspecified atom stereocenters. The molecule has 1 aromatic heterocycles. The van der Waals surface area contributed by atoms with Gasteiger partial charge in [0.15, 0.2) is 0 Å². The van der Waals surface area contributed by atoms with Crippen molar-refractivity contribution in [3.8, 4) is 11.5 Å². The largest absolute Gasteiger partial charge is 0.497 e. The maximum atomic E-state index is 13.4. The second-order valence-corrected chi connectivity index (χ2v) is 8.18. The lowest BCUT2D eigenvalue weighted by Crippen LogP contribution is -2.30. The minimum atomic E-state index is -0.479. The van der Waals surface area contributed by atoms with Crippen molar-refractivity contribution in [1.82, 2.24) is 15.1 Å². The van der Waals surface area contributed by atoms with Gasteiger partial charge in [0.25, 0.3) is 11.8 Å². The Labute approximate surface area is 188 Å². The molecule has 2 amide bonds. The molecule has 0 saturated carbocycles. The van der Waals surface area contributed by atoms with Crippen molar-refractivity contribution in [2.24, 2.45) is 0 Å². The Morgan fingerprint density at radius 1 is 1.12 bits per heavy atom. The average Bonchev–Trinajstić information content (AvgIpc) is 3.48. The second-order valence-electron chi connectivity index (χ2n) is 7.17. The van der Waals surface area contributed by atoms with Gasteiger partial charge in [-0.25, -0.2) is 4.39 Å². The van der Waals surface area contributed by atoms with Crippen LogP contribution in [0.3, 0.4) is 0 Å². The number of carbonyl (C=O) groups is 2. The number of ether oxygens (including phenoxy) is 2. The molecular formula is C22H21FN4O4S. The normalized spacial score (nSPS) is 15.5. The second kappa shape index (κ2) is 9.31. The van der Waals surface area contributed by atoms with Gasteiger partial charge in [0.2, 0.25) is 5.01 Å². The van der Waals surface area contributed by atoms with Gasteiger partial charge in [0.1, 0.15) is 22.3 Å². The van der Waals surface area contributed by atoms with Gasteiger partial charge >= 0.3 is 0 Å². The van der Waals surface area contributed by atoms with Gasteiger partial charge in [-0.2, -0.15) is 0 Å². The zero-order chi connectivity index (χ0) is 22.7. The summed E-state index contributed by atoms with van der Waals surface area (Å²) in [5.41, 5.74) is 0.776. The smallest absolute Gasteiger partial charge is 0.286 e. The highest BCUT2D eigenvalue weighted by Crippen LogP contribution is 2.35. The highest BCUT2D eigenvalue weighted by molar-refractivity contribution is 7.13. The van der Waals surface area contributed by atoms with Crippen molar-refractivity contribution < 1.29 is 23.5 Å². The number of amides is 2. The van der Waals surface area contributed by atoms with E-state index in [1.54, 1.807) is 29.2 Å². The summed E-state index contributed by atoms with van der Waals surface area (Å²) >= 11 is 1.12. The van der Waals surface area contributed by atoms with E-state index >= 15 is 0 Å². The number of halogens is 1. The van der Waals surface area contributed by atoms with E-state index < -0.39 is 11.7 Å². The van der Waals surface area contributed by atoms with Crippen molar-refractivity contribution in [3.63, 3.8) is 0 Å². The molecule has 0 spiro atoms. The summed E-state index contributed by atoms with van der Waals surface area (Å²) in [6.07, 6.45) is 1.52. The van der Waals surface area contributed by atoms with Gasteiger partial charge in [-0.1, -0.05) is 17.4 Å². The SMILES string of the molecule is COc1cc(OC)cc(C(=O)N2CCCC2c2nnc(C(=O)Nc3cccc(F)c3)s2)c1. The van der Waals surface area contributed by atoms with Crippen LogP contribution in [-0.2, 0) is 0 Å². The zero-order valence-corrected chi connectivity index (χ0v) is 18.3. The van der Waals surface area contributed by atoms with E-state index in [1.807, 2.05) is 0 Å². The summed E-state index contributed by atoms with van der Waals surface area (Å²) in [7, 11) is 3.05. The third-order valence-electron chi connectivity index (χ3n) is 5.11. The number of likely N-dealkylation sites (tertiary alicyclic amines) is 1. The Hall–Kier alpha value is -3.53. The third kappa shape index (κ3) is 4.54. The molecule has 0 aliphatic carbocycles. The fourth-order valence-corrected chi connectivity index (χ4v) is 4.46. The predicted molar refractivity (Wildman–Crippen MR) is 117 cm³/mol. The number of benzene rings is 2. The Morgan fingerprint density at radius 2 is 1.88 bits per heavy atom. The van der Waals surface area contributed by atoms with E-state index in [0.29, 0.717) is 40.7 Å². The summed E-state index contributed by atoms with van der Waals surface area (Å²) in [6.45, 7) is 0.563. The minimum Gasteiger partial charge on any atom is -0.497 e. The number of rotatable bonds is 6. The molecule has 0 bridgehead atoms. The fourth-order valence-electron chi connectivity index (χ4n) is 3.58. The van der Waals surface area contributed by atoms with E-state index in [9.17, 15) is 14.0 Å². The molecule has 10 heteroatoms. The van der Waals surface area contributed by atoms with Crippen LogP contribution in [0.15, 0.2) is 42.5 Å². The number of hydrogen-bond acceptors (Lipinski definition) is 7. The van der Waals surface area contributed by atoms with E-state index in [1.165, 1.54) is 32.4 Å². The van der Waals surface area contributed by atoms with Crippen LogP contribution in [0.2, 0.25) is 0 Å².